The molecule has 0 atom stereocenters. The average molecular weight is 299 g/mol. The third kappa shape index (κ3) is 2.62. The molecule has 0 N–H and O–H groups in total. The zero-order valence-corrected chi connectivity index (χ0v) is 12.4. The van der Waals surface area contributed by atoms with Crippen LogP contribution in [0.25, 0.3) is 0 Å². The normalized spacial score (nSPS) is 16.8. The van der Waals surface area contributed by atoms with E-state index in [1.165, 1.54) is 29.2 Å². The molecule has 0 aliphatic carbocycles. The predicted octanol–water partition coefficient (Wildman–Crippen LogP) is 2.91. The summed E-state index contributed by atoms with van der Waals surface area (Å²) in [6, 6.07) is 22.0. The summed E-state index contributed by atoms with van der Waals surface area (Å²) in [7, 11) is 0. The fourth-order valence-corrected chi connectivity index (χ4v) is 7.32. The molecule has 1 saturated heterocycles. The quantitative estimate of drug-likeness (QED) is 0.771. The fraction of sp³-hybridized carbons (Fsp3) is 0.250. The molecular formula is C16H18AsN. The van der Waals surface area contributed by atoms with Gasteiger partial charge in [0.2, 0.25) is 0 Å². The van der Waals surface area contributed by atoms with Gasteiger partial charge in [0.1, 0.15) is 0 Å². The second-order valence-corrected chi connectivity index (χ2v) is 9.87. The maximum absolute atomic E-state index is 2.54. The van der Waals surface area contributed by atoms with Gasteiger partial charge in [0.25, 0.3) is 0 Å². The SMILES string of the molecule is c1ccc(N2CC[As](c3ccccc3)CC2)cc1. The van der Waals surface area contributed by atoms with E-state index in [0.29, 0.717) is 0 Å². The molecule has 3 rings (SSSR count). The summed E-state index contributed by atoms with van der Waals surface area (Å²) < 4.78 is 1.65. The Labute approximate surface area is 114 Å². The summed E-state index contributed by atoms with van der Waals surface area (Å²) in [4.78, 5) is 2.54. The predicted molar refractivity (Wildman–Crippen MR) is 80.1 cm³/mol. The first-order valence-corrected chi connectivity index (χ1v) is 10.1. The Morgan fingerprint density at radius 1 is 0.722 bits per heavy atom. The van der Waals surface area contributed by atoms with E-state index in [2.05, 4.69) is 65.6 Å². The molecule has 2 aromatic rings. The fourth-order valence-electron chi connectivity index (χ4n) is 2.50. The molecule has 0 aromatic heterocycles. The number of para-hydroxylation sites is 1. The van der Waals surface area contributed by atoms with E-state index >= 15 is 0 Å². The first kappa shape index (κ1) is 11.9. The molecule has 18 heavy (non-hydrogen) atoms. The molecule has 1 heterocycles. The van der Waals surface area contributed by atoms with Gasteiger partial charge in [-0.15, -0.1) is 0 Å². The third-order valence-electron chi connectivity index (χ3n) is 3.52. The topological polar surface area (TPSA) is 3.24 Å². The van der Waals surface area contributed by atoms with Crippen molar-refractivity contribution in [1.82, 2.24) is 0 Å². The van der Waals surface area contributed by atoms with Crippen molar-refractivity contribution in [3.8, 4) is 0 Å². The van der Waals surface area contributed by atoms with Crippen molar-refractivity contribution in [1.29, 1.82) is 0 Å². The van der Waals surface area contributed by atoms with Crippen molar-refractivity contribution in [2.24, 2.45) is 0 Å². The van der Waals surface area contributed by atoms with Crippen LogP contribution in [0.5, 0.6) is 0 Å². The molecule has 2 heteroatoms. The van der Waals surface area contributed by atoms with E-state index < -0.39 is 14.7 Å². The zero-order chi connectivity index (χ0) is 12.2. The summed E-state index contributed by atoms with van der Waals surface area (Å²) in [6.07, 6.45) is 0. The minimum absolute atomic E-state index is 0.760. The number of hydrogen-bond acceptors (Lipinski definition) is 1. The Morgan fingerprint density at radius 3 is 1.89 bits per heavy atom. The standard InChI is InChI=1S/C16H18AsN/c1-3-7-15(8-4-1)17-11-13-18(14-12-17)16-9-5-2-6-10-16/h1-10H,11-14H2. The molecule has 0 amide bonds. The van der Waals surface area contributed by atoms with Crippen LogP contribution >= 0.6 is 0 Å². The number of rotatable bonds is 2. The van der Waals surface area contributed by atoms with Crippen LogP contribution in [0.4, 0.5) is 5.69 Å². The molecule has 1 aliphatic heterocycles. The van der Waals surface area contributed by atoms with E-state index in [4.69, 9.17) is 0 Å². The Kier molecular flexibility index (Phi) is 3.71. The minimum atomic E-state index is -0.760. The van der Waals surface area contributed by atoms with Crippen LogP contribution in [0, 0.1) is 0 Å². The van der Waals surface area contributed by atoms with Gasteiger partial charge >= 0.3 is 114 Å². The third-order valence-corrected chi connectivity index (χ3v) is 8.78. The van der Waals surface area contributed by atoms with Crippen molar-refractivity contribution in [3.05, 3.63) is 60.7 Å². The first-order valence-electron chi connectivity index (χ1n) is 6.53. The van der Waals surface area contributed by atoms with Gasteiger partial charge in [-0.25, -0.2) is 0 Å². The van der Waals surface area contributed by atoms with Crippen LogP contribution in [-0.2, 0) is 0 Å². The molecule has 0 unspecified atom stereocenters. The molecular weight excluding hydrogens is 281 g/mol. The zero-order valence-electron chi connectivity index (χ0n) is 10.5. The molecule has 0 spiro atoms. The van der Waals surface area contributed by atoms with Crippen LogP contribution in [0.2, 0.25) is 10.4 Å². The molecule has 1 aliphatic rings. The summed E-state index contributed by atoms with van der Waals surface area (Å²) in [5.74, 6) is 0. The van der Waals surface area contributed by atoms with Crippen LogP contribution in [0.1, 0.15) is 0 Å². The van der Waals surface area contributed by atoms with E-state index in [1.54, 1.807) is 4.35 Å². The van der Waals surface area contributed by atoms with Crippen molar-refractivity contribution in [2.45, 2.75) is 10.4 Å². The van der Waals surface area contributed by atoms with Gasteiger partial charge in [-0.2, -0.15) is 0 Å². The van der Waals surface area contributed by atoms with Crippen molar-refractivity contribution in [3.63, 3.8) is 0 Å². The molecule has 1 fully saturated rings. The molecule has 1 nitrogen and oxygen atoms in total. The summed E-state index contributed by atoms with van der Waals surface area (Å²) in [5.41, 5.74) is 1.39. The maximum atomic E-state index is 2.54. The van der Waals surface area contributed by atoms with Gasteiger partial charge in [0.15, 0.2) is 0 Å². The average Bonchev–Trinajstić information content (AvgIpc) is 2.49. The van der Waals surface area contributed by atoms with Gasteiger partial charge in [0, 0.05) is 0 Å². The van der Waals surface area contributed by atoms with Gasteiger partial charge in [-0.3, -0.25) is 0 Å². The van der Waals surface area contributed by atoms with Gasteiger partial charge < -0.3 is 0 Å². The van der Waals surface area contributed by atoms with Crippen molar-refractivity contribution in [2.75, 3.05) is 18.0 Å². The number of hydrogen-bond donors (Lipinski definition) is 0. The van der Waals surface area contributed by atoms with E-state index in [0.717, 1.165) is 0 Å². The van der Waals surface area contributed by atoms with Crippen molar-refractivity contribution >= 4 is 24.7 Å². The second-order valence-electron chi connectivity index (χ2n) is 4.65. The summed E-state index contributed by atoms with van der Waals surface area (Å²) in [6.45, 7) is 2.47. The monoisotopic (exact) mass is 299 g/mol. The summed E-state index contributed by atoms with van der Waals surface area (Å²) in [5, 5.41) is 2.82. The number of nitrogens with zero attached hydrogens (tertiary/aromatic N) is 1. The first-order chi connectivity index (χ1) is 8.93. The van der Waals surface area contributed by atoms with Crippen LogP contribution in [0.3, 0.4) is 0 Å². The van der Waals surface area contributed by atoms with E-state index in [9.17, 15) is 0 Å². The molecule has 0 saturated carbocycles. The Bertz CT molecular complexity index is 427. The number of benzene rings is 2. The Balaban J connectivity index is 1.65. The van der Waals surface area contributed by atoms with Crippen LogP contribution in [-0.4, -0.2) is 27.7 Å². The van der Waals surface area contributed by atoms with Gasteiger partial charge in [-0.05, 0) is 0 Å². The van der Waals surface area contributed by atoms with Gasteiger partial charge in [0.05, 0.1) is 0 Å². The van der Waals surface area contributed by atoms with Crippen LogP contribution < -0.4 is 9.25 Å². The molecule has 0 bridgehead atoms. The molecule has 0 radical (unpaired) electrons. The van der Waals surface area contributed by atoms with Crippen molar-refractivity contribution < 1.29 is 0 Å². The van der Waals surface area contributed by atoms with E-state index in [-0.39, 0.29) is 0 Å². The Morgan fingerprint density at radius 2 is 1.28 bits per heavy atom. The Hall–Kier alpha value is -1.20. The second kappa shape index (κ2) is 5.63. The molecule has 92 valence electrons. The van der Waals surface area contributed by atoms with Gasteiger partial charge in [-0.1, -0.05) is 0 Å². The van der Waals surface area contributed by atoms with E-state index in [1.807, 2.05) is 0 Å². The summed E-state index contributed by atoms with van der Waals surface area (Å²) >= 11 is -0.760. The number of anilines is 1. The molecule has 2 aromatic carbocycles. The van der Waals surface area contributed by atoms with Crippen LogP contribution in [0.15, 0.2) is 60.7 Å².